The minimum absolute atomic E-state index is 0.00249. The Hall–Kier alpha value is -2.36. The number of benzene rings is 1. The van der Waals surface area contributed by atoms with Crippen LogP contribution in [-0.2, 0) is 6.54 Å². The SMILES string of the molecule is CCCNc1ccc(C(=O)N(C)Cc2ccccn2)cc1. The van der Waals surface area contributed by atoms with Crippen molar-refractivity contribution in [1.82, 2.24) is 9.88 Å². The molecule has 0 bridgehead atoms. The number of pyridine rings is 1. The molecular weight excluding hydrogens is 262 g/mol. The molecule has 1 N–H and O–H groups in total. The van der Waals surface area contributed by atoms with Crippen LogP contribution in [-0.4, -0.2) is 29.4 Å². The number of carbonyl (C=O) groups excluding carboxylic acids is 1. The fourth-order valence-corrected chi connectivity index (χ4v) is 2.03. The maximum Gasteiger partial charge on any atom is 0.253 e. The number of hydrogen-bond donors (Lipinski definition) is 1. The highest BCUT2D eigenvalue weighted by atomic mass is 16.2. The Labute approximate surface area is 125 Å². The minimum atomic E-state index is 0.00249. The Morgan fingerprint density at radius 2 is 1.95 bits per heavy atom. The fraction of sp³-hybridized carbons (Fsp3) is 0.294. The van der Waals surface area contributed by atoms with Crippen molar-refractivity contribution in [1.29, 1.82) is 0 Å². The second-order valence-electron chi connectivity index (χ2n) is 4.99. The standard InChI is InChI=1S/C17H21N3O/c1-3-11-18-15-9-7-14(8-10-15)17(21)20(2)13-16-6-4-5-12-19-16/h4-10,12,18H,3,11,13H2,1-2H3. The van der Waals surface area contributed by atoms with Gasteiger partial charge in [-0.25, -0.2) is 0 Å². The molecule has 0 saturated carbocycles. The predicted octanol–water partition coefficient (Wildman–Crippen LogP) is 3.18. The summed E-state index contributed by atoms with van der Waals surface area (Å²) in [5, 5.41) is 3.29. The Bertz CT molecular complexity index is 566. The number of nitrogens with zero attached hydrogens (tertiary/aromatic N) is 2. The Balaban J connectivity index is 1.98. The van der Waals surface area contributed by atoms with Gasteiger partial charge in [0.2, 0.25) is 0 Å². The van der Waals surface area contributed by atoms with Crippen LogP contribution in [0.2, 0.25) is 0 Å². The third-order valence-corrected chi connectivity index (χ3v) is 3.18. The molecule has 1 aromatic heterocycles. The van der Waals surface area contributed by atoms with Gasteiger partial charge < -0.3 is 10.2 Å². The largest absolute Gasteiger partial charge is 0.385 e. The Morgan fingerprint density at radius 3 is 2.57 bits per heavy atom. The van der Waals surface area contributed by atoms with E-state index in [0.717, 1.165) is 24.3 Å². The second-order valence-corrected chi connectivity index (χ2v) is 4.99. The van der Waals surface area contributed by atoms with Crippen molar-refractivity contribution in [3.63, 3.8) is 0 Å². The average molecular weight is 283 g/mol. The van der Waals surface area contributed by atoms with Gasteiger partial charge in [-0.05, 0) is 42.8 Å². The molecule has 0 atom stereocenters. The summed E-state index contributed by atoms with van der Waals surface area (Å²) in [6, 6.07) is 13.3. The Kier molecular flexibility index (Phi) is 5.32. The van der Waals surface area contributed by atoms with Crippen LogP contribution < -0.4 is 5.32 Å². The summed E-state index contributed by atoms with van der Waals surface area (Å²) in [4.78, 5) is 18.3. The van der Waals surface area contributed by atoms with Gasteiger partial charge >= 0.3 is 0 Å². The summed E-state index contributed by atoms with van der Waals surface area (Å²) in [7, 11) is 1.79. The molecule has 2 rings (SSSR count). The van der Waals surface area contributed by atoms with E-state index in [1.54, 1.807) is 18.1 Å². The average Bonchev–Trinajstić information content (AvgIpc) is 2.53. The molecule has 1 heterocycles. The molecule has 21 heavy (non-hydrogen) atoms. The maximum atomic E-state index is 12.4. The Morgan fingerprint density at radius 1 is 1.19 bits per heavy atom. The molecule has 0 aliphatic rings. The van der Waals surface area contributed by atoms with Crippen LogP contribution in [0, 0.1) is 0 Å². The zero-order chi connectivity index (χ0) is 15.1. The number of amides is 1. The molecule has 0 spiro atoms. The fourth-order valence-electron chi connectivity index (χ4n) is 2.03. The molecule has 4 heteroatoms. The van der Waals surface area contributed by atoms with Crippen molar-refractivity contribution >= 4 is 11.6 Å². The molecule has 110 valence electrons. The molecule has 0 saturated heterocycles. The third-order valence-electron chi connectivity index (χ3n) is 3.18. The van der Waals surface area contributed by atoms with E-state index in [-0.39, 0.29) is 5.91 Å². The lowest BCUT2D eigenvalue weighted by atomic mass is 10.1. The van der Waals surface area contributed by atoms with Gasteiger partial charge in [0.15, 0.2) is 0 Å². The second kappa shape index (κ2) is 7.43. The van der Waals surface area contributed by atoms with Crippen LogP contribution >= 0.6 is 0 Å². The lowest BCUT2D eigenvalue weighted by Gasteiger charge is -2.17. The molecule has 1 amide bonds. The molecule has 0 aliphatic heterocycles. The first-order valence-electron chi connectivity index (χ1n) is 7.20. The summed E-state index contributed by atoms with van der Waals surface area (Å²) in [6.07, 6.45) is 2.81. The highest BCUT2D eigenvalue weighted by Gasteiger charge is 2.12. The van der Waals surface area contributed by atoms with E-state index in [1.807, 2.05) is 42.5 Å². The zero-order valence-corrected chi connectivity index (χ0v) is 12.5. The van der Waals surface area contributed by atoms with E-state index < -0.39 is 0 Å². The molecule has 0 aliphatic carbocycles. The van der Waals surface area contributed by atoms with Crippen LogP contribution in [0.4, 0.5) is 5.69 Å². The maximum absolute atomic E-state index is 12.4. The van der Waals surface area contributed by atoms with E-state index in [0.29, 0.717) is 12.1 Å². The minimum Gasteiger partial charge on any atom is -0.385 e. The van der Waals surface area contributed by atoms with Crippen molar-refractivity contribution in [2.75, 3.05) is 18.9 Å². The number of carbonyl (C=O) groups is 1. The first kappa shape index (κ1) is 15.0. The molecule has 0 fully saturated rings. The van der Waals surface area contributed by atoms with Gasteiger partial charge in [-0.15, -0.1) is 0 Å². The van der Waals surface area contributed by atoms with Gasteiger partial charge in [-0.1, -0.05) is 13.0 Å². The van der Waals surface area contributed by atoms with E-state index in [9.17, 15) is 4.79 Å². The molecule has 2 aromatic rings. The van der Waals surface area contributed by atoms with Crippen molar-refractivity contribution in [2.45, 2.75) is 19.9 Å². The highest BCUT2D eigenvalue weighted by molar-refractivity contribution is 5.94. The van der Waals surface area contributed by atoms with E-state index in [4.69, 9.17) is 0 Å². The third kappa shape index (κ3) is 4.31. The lowest BCUT2D eigenvalue weighted by Crippen LogP contribution is -2.26. The van der Waals surface area contributed by atoms with Crippen LogP contribution in [0.3, 0.4) is 0 Å². The summed E-state index contributed by atoms with van der Waals surface area (Å²) in [5.74, 6) is 0.00249. The summed E-state index contributed by atoms with van der Waals surface area (Å²) >= 11 is 0. The zero-order valence-electron chi connectivity index (χ0n) is 12.5. The molecular formula is C17H21N3O. The monoisotopic (exact) mass is 283 g/mol. The number of hydrogen-bond acceptors (Lipinski definition) is 3. The van der Waals surface area contributed by atoms with Crippen molar-refractivity contribution in [3.8, 4) is 0 Å². The van der Waals surface area contributed by atoms with E-state index in [1.165, 1.54) is 0 Å². The number of anilines is 1. The van der Waals surface area contributed by atoms with Crippen molar-refractivity contribution in [3.05, 3.63) is 59.9 Å². The quantitative estimate of drug-likeness (QED) is 0.885. The van der Waals surface area contributed by atoms with E-state index in [2.05, 4.69) is 17.2 Å². The van der Waals surface area contributed by atoms with Crippen molar-refractivity contribution in [2.24, 2.45) is 0 Å². The topological polar surface area (TPSA) is 45.2 Å². The number of aromatic nitrogens is 1. The normalized spacial score (nSPS) is 10.2. The van der Waals surface area contributed by atoms with Crippen LogP contribution in [0.15, 0.2) is 48.7 Å². The van der Waals surface area contributed by atoms with Gasteiger partial charge in [0.05, 0.1) is 12.2 Å². The first-order chi connectivity index (χ1) is 10.2. The molecule has 4 nitrogen and oxygen atoms in total. The van der Waals surface area contributed by atoms with Gasteiger partial charge in [0, 0.05) is 31.0 Å². The van der Waals surface area contributed by atoms with Crippen molar-refractivity contribution < 1.29 is 4.79 Å². The smallest absolute Gasteiger partial charge is 0.253 e. The van der Waals surface area contributed by atoms with Crippen LogP contribution in [0.25, 0.3) is 0 Å². The van der Waals surface area contributed by atoms with E-state index >= 15 is 0 Å². The van der Waals surface area contributed by atoms with Gasteiger partial charge in [0.25, 0.3) is 5.91 Å². The van der Waals surface area contributed by atoms with Gasteiger partial charge in [0.1, 0.15) is 0 Å². The van der Waals surface area contributed by atoms with Crippen LogP contribution in [0.1, 0.15) is 29.4 Å². The first-order valence-corrected chi connectivity index (χ1v) is 7.20. The van der Waals surface area contributed by atoms with Gasteiger partial charge in [-0.2, -0.15) is 0 Å². The summed E-state index contributed by atoms with van der Waals surface area (Å²) < 4.78 is 0. The predicted molar refractivity (Wildman–Crippen MR) is 85.3 cm³/mol. The molecule has 0 radical (unpaired) electrons. The number of rotatable bonds is 6. The van der Waals surface area contributed by atoms with Gasteiger partial charge in [-0.3, -0.25) is 9.78 Å². The highest BCUT2D eigenvalue weighted by Crippen LogP contribution is 2.12. The van der Waals surface area contributed by atoms with Crippen LogP contribution in [0.5, 0.6) is 0 Å². The molecule has 0 unspecified atom stereocenters. The summed E-state index contributed by atoms with van der Waals surface area (Å²) in [6.45, 7) is 3.57. The lowest BCUT2D eigenvalue weighted by molar-refractivity contribution is 0.0783. The molecule has 1 aromatic carbocycles. The number of nitrogens with one attached hydrogen (secondary N) is 1. The summed E-state index contributed by atoms with van der Waals surface area (Å²) in [5.41, 5.74) is 2.62.